The van der Waals surface area contributed by atoms with Crippen LogP contribution in [0.3, 0.4) is 0 Å². The molecule has 0 fully saturated rings. The lowest BCUT2D eigenvalue weighted by Crippen LogP contribution is -1.99. The fourth-order valence-electron chi connectivity index (χ4n) is 1.18. The molecule has 0 amide bonds. The topological polar surface area (TPSA) is 76.0 Å². The molecule has 0 aromatic carbocycles. The van der Waals surface area contributed by atoms with Gasteiger partial charge in [0.2, 0.25) is 0 Å². The van der Waals surface area contributed by atoms with Gasteiger partial charge in [-0.15, -0.1) is 16.4 Å². The molecule has 0 spiro atoms. The Labute approximate surface area is 106 Å². The molecular weight excluding hydrogens is 258 g/mol. The largest absolute Gasteiger partial charge is 0.481 e. The zero-order chi connectivity index (χ0) is 12.3. The minimum Gasteiger partial charge on any atom is -0.481 e. The van der Waals surface area contributed by atoms with E-state index in [1.807, 2.05) is 13.0 Å². The molecule has 0 aliphatic heterocycles. The van der Waals surface area contributed by atoms with Crippen LogP contribution in [0.15, 0.2) is 27.7 Å². The third kappa shape index (κ3) is 3.24. The van der Waals surface area contributed by atoms with Crippen molar-refractivity contribution in [1.82, 2.24) is 15.2 Å². The summed E-state index contributed by atoms with van der Waals surface area (Å²) in [5.74, 6) is -0.840. The molecule has 2 rings (SSSR count). The standard InChI is InChI=1S/C10H9N3O2S2/c1-6-7(5-9(14)15)16-10(12-6)17-8-3-2-4-11-13-8/h2-4H,5H2,1H3,(H,14,15). The molecule has 2 aromatic heterocycles. The van der Waals surface area contributed by atoms with Crippen LogP contribution < -0.4 is 0 Å². The number of carboxylic acids is 1. The molecule has 0 aliphatic carbocycles. The van der Waals surface area contributed by atoms with E-state index in [-0.39, 0.29) is 6.42 Å². The highest BCUT2D eigenvalue weighted by molar-refractivity contribution is 8.01. The van der Waals surface area contributed by atoms with Crippen LogP contribution in [0.4, 0.5) is 0 Å². The minimum absolute atomic E-state index is 0.0184. The van der Waals surface area contributed by atoms with Crippen LogP contribution in [0.2, 0.25) is 0 Å². The third-order valence-electron chi connectivity index (χ3n) is 1.92. The number of aromatic nitrogens is 3. The first-order valence-electron chi connectivity index (χ1n) is 4.79. The minimum atomic E-state index is -0.840. The molecule has 0 bridgehead atoms. The highest BCUT2D eigenvalue weighted by Gasteiger charge is 2.12. The summed E-state index contributed by atoms with van der Waals surface area (Å²) in [6.07, 6.45) is 1.62. The van der Waals surface area contributed by atoms with E-state index in [0.717, 1.165) is 19.9 Å². The summed E-state index contributed by atoms with van der Waals surface area (Å²) in [6.45, 7) is 1.81. The molecule has 17 heavy (non-hydrogen) atoms. The van der Waals surface area contributed by atoms with E-state index in [9.17, 15) is 4.79 Å². The second-order valence-electron chi connectivity index (χ2n) is 3.22. The Kier molecular flexibility index (Phi) is 3.70. The Morgan fingerprint density at radius 2 is 2.41 bits per heavy atom. The maximum atomic E-state index is 10.6. The van der Waals surface area contributed by atoms with E-state index < -0.39 is 5.97 Å². The number of hydrogen-bond donors (Lipinski definition) is 1. The van der Waals surface area contributed by atoms with E-state index in [4.69, 9.17) is 5.11 Å². The van der Waals surface area contributed by atoms with Crippen LogP contribution in [0, 0.1) is 6.92 Å². The van der Waals surface area contributed by atoms with Gasteiger partial charge in [0.05, 0.1) is 12.1 Å². The van der Waals surface area contributed by atoms with E-state index in [1.165, 1.54) is 23.1 Å². The summed E-state index contributed by atoms with van der Waals surface area (Å²) >= 11 is 2.78. The zero-order valence-electron chi connectivity index (χ0n) is 8.95. The van der Waals surface area contributed by atoms with Gasteiger partial charge in [-0.2, -0.15) is 5.10 Å². The molecule has 1 N–H and O–H groups in total. The lowest BCUT2D eigenvalue weighted by atomic mass is 10.3. The molecule has 0 aliphatic rings. The lowest BCUT2D eigenvalue weighted by Gasteiger charge is -1.92. The van der Waals surface area contributed by atoms with Crippen molar-refractivity contribution in [3.8, 4) is 0 Å². The van der Waals surface area contributed by atoms with E-state index in [0.29, 0.717) is 0 Å². The monoisotopic (exact) mass is 267 g/mol. The third-order valence-corrected chi connectivity index (χ3v) is 4.07. The van der Waals surface area contributed by atoms with Crippen molar-refractivity contribution in [3.05, 3.63) is 28.9 Å². The van der Waals surface area contributed by atoms with E-state index >= 15 is 0 Å². The molecule has 7 heteroatoms. The molecule has 2 heterocycles. The average Bonchev–Trinajstić information content (AvgIpc) is 2.59. The quantitative estimate of drug-likeness (QED) is 0.913. The van der Waals surface area contributed by atoms with Gasteiger partial charge in [-0.25, -0.2) is 4.98 Å². The second-order valence-corrected chi connectivity index (χ2v) is 5.57. The van der Waals surface area contributed by atoms with Crippen molar-refractivity contribution >= 4 is 29.1 Å². The second kappa shape index (κ2) is 5.24. The van der Waals surface area contributed by atoms with E-state index in [2.05, 4.69) is 15.2 Å². The van der Waals surface area contributed by atoms with Gasteiger partial charge in [0.15, 0.2) is 4.34 Å². The molecule has 0 unspecified atom stereocenters. The van der Waals surface area contributed by atoms with Crippen molar-refractivity contribution in [2.45, 2.75) is 22.7 Å². The normalized spacial score (nSPS) is 10.4. The Morgan fingerprint density at radius 1 is 1.59 bits per heavy atom. The number of thiazole rings is 1. The average molecular weight is 267 g/mol. The smallest absolute Gasteiger partial charge is 0.308 e. The van der Waals surface area contributed by atoms with Crippen molar-refractivity contribution in [3.63, 3.8) is 0 Å². The number of aryl methyl sites for hydroxylation is 1. The van der Waals surface area contributed by atoms with Gasteiger partial charge in [-0.05, 0) is 30.8 Å². The maximum Gasteiger partial charge on any atom is 0.308 e. The highest BCUT2D eigenvalue weighted by Crippen LogP contribution is 2.31. The molecular formula is C10H9N3O2S2. The molecule has 2 aromatic rings. The number of carboxylic acid groups (broad SMARTS) is 1. The van der Waals surface area contributed by atoms with E-state index in [1.54, 1.807) is 12.3 Å². The van der Waals surface area contributed by atoms with Gasteiger partial charge >= 0.3 is 5.97 Å². The van der Waals surface area contributed by atoms with Gasteiger partial charge in [-0.3, -0.25) is 4.79 Å². The summed E-state index contributed by atoms with van der Waals surface area (Å²) < 4.78 is 0.791. The molecule has 0 atom stereocenters. The van der Waals surface area contributed by atoms with Gasteiger partial charge in [0.1, 0.15) is 5.03 Å². The fourth-order valence-corrected chi connectivity index (χ4v) is 3.28. The van der Waals surface area contributed by atoms with Crippen LogP contribution in [-0.4, -0.2) is 26.3 Å². The first-order valence-corrected chi connectivity index (χ1v) is 6.42. The zero-order valence-corrected chi connectivity index (χ0v) is 10.6. The molecule has 0 radical (unpaired) electrons. The summed E-state index contributed by atoms with van der Waals surface area (Å²) in [7, 11) is 0. The maximum absolute atomic E-state index is 10.6. The van der Waals surface area contributed by atoms with Crippen molar-refractivity contribution in [2.75, 3.05) is 0 Å². The number of nitrogens with zero attached hydrogens (tertiary/aromatic N) is 3. The highest BCUT2D eigenvalue weighted by atomic mass is 32.2. The van der Waals surface area contributed by atoms with Crippen LogP contribution in [0.5, 0.6) is 0 Å². The van der Waals surface area contributed by atoms with Crippen molar-refractivity contribution in [1.29, 1.82) is 0 Å². The Hall–Kier alpha value is -1.47. The first kappa shape index (κ1) is 12.0. The lowest BCUT2D eigenvalue weighted by molar-refractivity contribution is -0.136. The van der Waals surface area contributed by atoms with Gasteiger partial charge in [-0.1, -0.05) is 0 Å². The molecule has 88 valence electrons. The Morgan fingerprint density at radius 3 is 3.06 bits per heavy atom. The van der Waals surface area contributed by atoms with Crippen LogP contribution in [0.1, 0.15) is 10.6 Å². The number of carbonyl (C=O) groups is 1. The Bertz CT molecular complexity index is 528. The summed E-state index contributed by atoms with van der Waals surface area (Å²) in [6, 6.07) is 3.64. The first-order chi connectivity index (χ1) is 8.15. The predicted octanol–water partition coefficient (Wildman–Crippen LogP) is 2.02. The van der Waals surface area contributed by atoms with Gasteiger partial charge in [0.25, 0.3) is 0 Å². The van der Waals surface area contributed by atoms with Crippen LogP contribution in [-0.2, 0) is 11.2 Å². The summed E-state index contributed by atoms with van der Waals surface area (Å²) in [5.41, 5.74) is 0.767. The van der Waals surface area contributed by atoms with Crippen LogP contribution >= 0.6 is 23.1 Å². The summed E-state index contributed by atoms with van der Waals surface area (Å²) in [5, 5.41) is 17.2. The SMILES string of the molecule is Cc1nc(Sc2cccnn2)sc1CC(=O)O. The number of hydrogen-bond acceptors (Lipinski definition) is 6. The Balaban J connectivity index is 2.15. The summed E-state index contributed by atoms with van der Waals surface area (Å²) in [4.78, 5) is 15.7. The van der Waals surface area contributed by atoms with Crippen molar-refractivity contribution in [2.24, 2.45) is 0 Å². The molecule has 5 nitrogen and oxygen atoms in total. The van der Waals surface area contributed by atoms with Crippen molar-refractivity contribution < 1.29 is 9.90 Å². The van der Waals surface area contributed by atoms with Crippen LogP contribution in [0.25, 0.3) is 0 Å². The van der Waals surface area contributed by atoms with Gasteiger partial charge in [0, 0.05) is 11.1 Å². The number of aliphatic carboxylic acids is 1. The van der Waals surface area contributed by atoms with Gasteiger partial charge < -0.3 is 5.11 Å². The number of rotatable bonds is 4. The predicted molar refractivity (Wildman–Crippen MR) is 64.3 cm³/mol. The fraction of sp³-hybridized carbons (Fsp3) is 0.200. The molecule has 0 saturated carbocycles. The molecule has 0 saturated heterocycles.